The van der Waals surface area contributed by atoms with Crippen LogP contribution in [0.25, 0.3) is 21.5 Å². The first-order valence-corrected chi connectivity index (χ1v) is 9.46. The molecule has 3 nitrogen and oxygen atoms in total. The summed E-state index contributed by atoms with van der Waals surface area (Å²) in [5, 5.41) is 4.55. The first-order valence-electron chi connectivity index (χ1n) is 7.12. The van der Waals surface area contributed by atoms with E-state index >= 15 is 0 Å². The van der Waals surface area contributed by atoms with Crippen LogP contribution >= 0.6 is 55.1 Å². The Hall–Kier alpha value is -1.40. The van der Waals surface area contributed by atoms with Crippen molar-refractivity contribution >= 4 is 76.6 Å². The topological polar surface area (TPSA) is 45.8 Å². The zero-order valence-corrected chi connectivity index (χ0v) is 17.2. The van der Waals surface area contributed by atoms with E-state index in [1.807, 2.05) is 42.5 Å². The number of H-pyrrole nitrogens is 1. The molecule has 1 N–H and O–H groups in total. The van der Waals surface area contributed by atoms with Gasteiger partial charge in [-0.3, -0.25) is 4.79 Å². The maximum absolute atomic E-state index is 11.3. The van der Waals surface area contributed by atoms with E-state index in [1.165, 1.54) is 0 Å². The number of pyridine rings is 2. The SMILES string of the molecule is Clc1cnc(Cl)c2cc(Br)ccc12.O=c1[nH]ccc2ccc(Br)cc12. The highest BCUT2D eigenvalue weighted by Gasteiger charge is 2.04. The van der Waals surface area contributed by atoms with Gasteiger partial charge in [0, 0.05) is 37.5 Å². The minimum Gasteiger partial charge on any atom is -0.329 e. The number of nitrogens with one attached hydrogen (secondary N) is 1. The van der Waals surface area contributed by atoms with Crippen molar-refractivity contribution in [3.63, 3.8) is 0 Å². The van der Waals surface area contributed by atoms with Gasteiger partial charge in [0.05, 0.1) is 5.02 Å². The van der Waals surface area contributed by atoms with Gasteiger partial charge >= 0.3 is 0 Å². The average molecular weight is 501 g/mol. The average Bonchev–Trinajstić information content (AvgIpc) is 2.60. The Morgan fingerprint density at radius 3 is 2.32 bits per heavy atom. The fourth-order valence-electron chi connectivity index (χ4n) is 2.30. The molecule has 0 fully saturated rings. The summed E-state index contributed by atoms with van der Waals surface area (Å²) in [5.41, 5.74) is -0.0474. The highest BCUT2D eigenvalue weighted by molar-refractivity contribution is 9.10. The van der Waals surface area contributed by atoms with Crippen molar-refractivity contribution in [1.82, 2.24) is 9.97 Å². The predicted molar refractivity (Wildman–Crippen MR) is 112 cm³/mol. The van der Waals surface area contributed by atoms with E-state index in [0.717, 1.165) is 25.1 Å². The van der Waals surface area contributed by atoms with E-state index in [4.69, 9.17) is 23.2 Å². The molecule has 0 radical (unpaired) electrons. The Bertz CT molecular complexity index is 1130. The van der Waals surface area contributed by atoms with Crippen LogP contribution < -0.4 is 5.56 Å². The molecule has 0 unspecified atom stereocenters. The molecular weight excluding hydrogens is 491 g/mol. The summed E-state index contributed by atoms with van der Waals surface area (Å²) in [6.45, 7) is 0. The molecule has 2 aromatic heterocycles. The smallest absolute Gasteiger partial charge is 0.255 e. The van der Waals surface area contributed by atoms with Crippen LogP contribution in [0.1, 0.15) is 0 Å². The zero-order chi connectivity index (χ0) is 18.0. The van der Waals surface area contributed by atoms with E-state index < -0.39 is 0 Å². The van der Waals surface area contributed by atoms with Crippen LogP contribution in [0.2, 0.25) is 10.2 Å². The van der Waals surface area contributed by atoms with Crippen LogP contribution in [0.3, 0.4) is 0 Å². The van der Waals surface area contributed by atoms with Crippen LogP contribution in [-0.2, 0) is 0 Å². The Kier molecular flexibility index (Phi) is 5.79. The zero-order valence-electron chi connectivity index (χ0n) is 12.6. The molecule has 0 aliphatic heterocycles. The van der Waals surface area contributed by atoms with Gasteiger partial charge in [0.25, 0.3) is 5.56 Å². The van der Waals surface area contributed by atoms with Gasteiger partial charge in [0.2, 0.25) is 0 Å². The number of fused-ring (bicyclic) bond motifs is 2. The molecule has 0 aliphatic carbocycles. The van der Waals surface area contributed by atoms with Crippen molar-refractivity contribution in [2.75, 3.05) is 0 Å². The molecule has 0 saturated heterocycles. The predicted octanol–water partition coefficient (Wildman–Crippen LogP) is 6.59. The number of halogens is 4. The third-order valence-electron chi connectivity index (χ3n) is 3.49. The standard InChI is InChI=1S/C9H4BrCl2N.C9H6BrNO/c10-5-1-2-6-7(3-5)9(12)13-4-8(6)11;10-7-2-1-6-3-4-11-9(12)8(6)5-7/h1-4H;1-5H,(H,11,12). The van der Waals surface area contributed by atoms with Crippen molar-refractivity contribution in [3.05, 3.63) is 84.3 Å². The molecular formula is C18H10Br2Cl2N2O. The second kappa shape index (κ2) is 7.87. The van der Waals surface area contributed by atoms with E-state index in [-0.39, 0.29) is 5.56 Å². The summed E-state index contributed by atoms with van der Waals surface area (Å²) in [5.74, 6) is 0. The molecule has 0 aliphatic rings. The minimum absolute atomic E-state index is 0.0474. The van der Waals surface area contributed by atoms with Crippen LogP contribution in [0.15, 0.2) is 68.6 Å². The van der Waals surface area contributed by atoms with Crippen LogP contribution in [0.4, 0.5) is 0 Å². The number of aromatic amines is 1. The highest BCUT2D eigenvalue weighted by atomic mass is 79.9. The van der Waals surface area contributed by atoms with Gasteiger partial charge in [-0.05, 0) is 35.7 Å². The van der Waals surface area contributed by atoms with E-state index in [1.54, 1.807) is 12.4 Å². The number of nitrogens with zero attached hydrogens (tertiary/aromatic N) is 1. The summed E-state index contributed by atoms with van der Waals surface area (Å²) in [6.07, 6.45) is 3.21. The molecule has 0 bridgehead atoms. The molecule has 2 aromatic carbocycles. The van der Waals surface area contributed by atoms with E-state index in [2.05, 4.69) is 41.8 Å². The van der Waals surface area contributed by atoms with Crippen molar-refractivity contribution < 1.29 is 0 Å². The normalized spacial score (nSPS) is 10.6. The molecule has 126 valence electrons. The molecule has 7 heteroatoms. The second-order valence-corrected chi connectivity index (χ2v) is 7.72. The summed E-state index contributed by atoms with van der Waals surface area (Å²) in [6, 6.07) is 13.3. The Labute approximate surface area is 170 Å². The molecule has 0 saturated carbocycles. The van der Waals surface area contributed by atoms with Gasteiger partial charge < -0.3 is 4.98 Å². The van der Waals surface area contributed by atoms with Crippen molar-refractivity contribution in [2.45, 2.75) is 0 Å². The Morgan fingerprint density at radius 2 is 1.56 bits per heavy atom. The van der Waals surface area contributed by atoms with Crippen molar-refractivity contribution in [1.29, 1.82) is 0 Å². The van der Waals surface area contributed by atoms with Crippen molar-refractivity contribution in [3.8, 4) is 0 Å². The third-order valence-corrected chi connectivity index (χ3v) is 5.08. The van der Waals surface area contributed by atoms with Gasteiger partial charge in [-0.1, -0.05) is 67.2 Å². The number of hydrogen-bond acceptors (Lipinski definition) is 2. The first kappa shape index (κ1) is 18.4. The van der Waals surface area contributed by atoms with E-state index in [9.17, 15) is 4.79 Å². The number of benzene rings is 2. The van der Waals surface area contributed by atoms with Crippen LogP contribution in [-0.4, -0.2) is 9.97 Å². The van der Waals surface area contributed by atoms with Crippen LogP contribution in [0.5, 0.6) is 0 Å². The Morgan fingerprint density at radius 1 is 0.880 bits per heavy atom. The third kappa shape index (κ3) is 4.23. The molecule has 4 rings (SSSR count). The number of hydrogen-bond donors (Lipinski definition) is 1. The van der Waals surface area contributed by atoms with Crippen LogP contribution in [0, 0.1) is 0 Å². The lowest BCUT2D eigenvalue weighted by Gasteiger charge is -2.01. The monoisotopic (exact) mass is 498 g/mol. The molecule has 2 heterocycles. The fourth-order valence-corrected chi connectivity index (χ4v) is 3.44. The van der Waals surface area contributed by atoms with Gasteiger partial charge in [0.1, 0.15) is 5.15 Å². The molecule has 0 spiro atoms. The maximum Gasteiger partial charge on any atom is 0.255 e. The van der Waals surface area contributed by atoms with Gasteiger partial charge in [-0.15, -0.1) is 0 Å². The largest absolute Gasteiger partial charge is 0.329 e. The highest BCUT2D eigenvalue weighted by Crippen LogP contribution is 2.29. The van der Waals surface area contributed by atoms with E-state index in [0.29, 0.717) is 15.6 Å². The summed E-state index contributed by atoms with van der Waals surface area (Å²) in [4.78, 5) is 17.8. The minimum atomic E-state index is -0.0474. The Balaban J connectivity index is 0.000000146. The van der Waals surface area contributed by atoms with Gasteiger partial charge in [-0.2, -0.15) is 0 Å². The lowest BCUT2D eigenvalue weighted by molar-refractivity contribution is 1.28. The molecule has 25 heavy (non-hydrogen) atoms. The van der Waals surface area contributed by atoms with Gasteiger partial charge in [0.15, 0.2) is 0 Å². The first-order chi connectivity index (χ1) is 12.0. The lowest BCUT2D eigenvalue weighted by Crippen LogP contribution is -2.03. The molecule has 0 amide bonds. The second-order valence-electron chi connectivity index (χ2n) is 5.13. The van der Waals surface area contributed by atoms with Crippen molar-refractivity contribution in [2.24, 2.45) is 0 Å². The number of aromatic nitrogens is 2. The maximum atomic E-state index is 11.3. The molecule has 0 atom stereocenters. The lowest BCUT2D eigenvalue weighted by atomic mass is 10.2. The molecule has 4 aromatic rings. The summed E-state index contributed by atoms with van der Waals surface area (Å²) < 4.78 is 1.89. The summed E-state index contributed by atoms with van der Waals surface area (Å²) >= 11 is 18.5. The van der Waals surface area contributed by atoms with Gasteiger partial charge in [-0.25, -0.2) is 4.98 Å². The number of rotatable bonds is 0. The summed E-state index contributed by atoms with van der Waals surface area (Å²) in [7, 11) is 0. The fraction of sp³-hybridized carbons (Fsp3) is 0. The quantitative estimate of drug-likeness (QED) is 0.277.